The van der Waals surface area contributed by atoms with Crippen LogP contribution in [-0.4, -0.2) is 10.1 Å². The number of pyridine rings is 1. The second-order valence-electron chi connectivity index (χ2n) is 3.46. The number of rotatable bonds is 2. The molecular weight excluding hydrogens is 315 g/mol. The standard InChI is InChI=1S/C12H5Cl2F2NOS/c13-8-3-6(5-17-11(8)14)12(18)19-10-2-1-7(15)4-9(10)16/h1-5H. The minimum Gasteiger partial charge on any atom is -0.281 e. The maximum Gasteiger partial charge on any atom is 0.225 e. The third-order valence-corrected chi connectivity index (χ3v) is 3.79. The van der Waals surface area contributed by atoms with E-state index in [0.717, 1.165) is 6.07 Å². The monoisotopic (exact) mass is 319 g/mol. The summed E-state index contributed by atoms with van der Waals surface area (Å²) in [5.74, 6) is -1.50. The lowest BCUT2D eigenvalue weighted by atomic mass is 10.3. The summed E-state index contributed by atoms with van der Waals surface area (Å²) in [6.45, 7) is 0. The van der Waals surface area contributed by atoms with Crippen LogP contribution in [0.4, 0.5) is 8.78 Å². The second kappa shape index (κ2) is 5.86. The van der Waals surface area contributed by atoms with Crippen molar-refractivity contribution >= 4 is 40.1 Å². The van der Waals surface area contributed by atoms with Crippen molar-refractivity contribution in [3.05, 3.63) is 57.8 Å². The zero-order valence-electron chi connectivity index (χ0n) is 9.16. The molecule has 0 atom stereocenters. The average Bonchev–Trinajstić information content (AvgIpc) is 2.36. The molecule has 0 spiro atoms. The predicted octanol–water partition coefficient (Wildman–Crippen LogP) is 4.60. The molecule has 98 valence electrons. The van der Waals surface area contributed by atoms with Crippen molar-refractivity contribution in [1.29, 1.82) is 0 Å². The smallest absolute Gasteiger partial charge is 0.225 e. The van der Waals surface area contributed by atoms with Crippen LogP contribution in [0.1, 0.15) is 10.4 Å². The van der Waals surface area contributed by atoms with Crippen LogP contribution in [0.25, 0.3) is 0 Å². The summed E-state index contributed by atoms with van der Waals surface area (Å²) in [4.78, 5) is 15.6. The van der Waals surface area contributed by atoms with Gasteiger partial charge in [-0.25, -0.2) is 13.8 Å². The summed E-state index contributed by atoms with van der Waals surface area (Å²) < 4.78 is 26.1. The van der Waals surface area contributed by atoms with Gasteiger partial charge in [0.2, 0.25) is 5.12 Å². The van der Waals surface area contributed by atoms with Gasteiger partial charge in [-0.15, -0.1) is 0 Å². The van der Waals surface area contributed by atoms with Crippen molar-refractivity contribution in [2.24, 2.45) is 0 Å². The molecule has 0 fully saturated rings. The number of hydrogen-bond acceptors (Lipinski definition) is 3. The van der Waals surface area contributed by atoms with Crippen molar-refractivity contribution in [1.82, 2.24) is 4.98 Å². The molecule has 2 nitrogen and oxygen atoms in total. The maximum absolute atomic E-state index is 13.4. The van der Waals surface area contributed by atoms with Crippen LogP contribution in [0, 0.1) is 11.6 Å². The van der Waals surface area contributed by atoms with E-state index < -0.39 is 16.7 Å². The van der Waals surface area contributed by atoms with Gasteiger partial charge in [0.1, 0.15) is 16.8 Å². The van der Waals surface area contributed by atoms with E-state index in [2.05, 4.69) is 4.98 Å². The Morgan fingerprint density at radius 3 is 2.58 bits per heavy atom. The molecule has 0 unspecified atom stereocenters. The lowest BCUT2D eigenvalue weighted by Gasteiger charge is -2.03. The summed E-state index contributed by atoms with van der Waals surface area (Å²) in [5.41, 5.74) is 0.183. The van der Waals surface area contributed by atoms with E-state index in [1.807, 2.05) is 0 Å². The minimum absolute atomic E-state index is 0.0254. The van der Waals surface area contributed by atoms with Crippen molar-refractivity contribution in [3.63, 3.8) is 0 Å². The highest BCUT2D eigenvalue weighted by atomic mass is 35.5. The maximum atomic E-state index is 13.4. The van der Waals surface area contributed by atoms with E-state index in [0.29, 0.717) is 17.8 Å². The average molecular weight is 320 g/mol. The third kappa shape index (κ3) is 3.43. The lowest BCUT2D eigenvalue weighted by Crippen LogP contribution is -1.96. The Morgan fingerprint density at radius 2 is 1.95 bits per heavy atom. The molecule has 1 heterocycles. The van der Waals surface area contributed by atoms with Crippen molar-refractivity contribution in [3.8, 4) is 0 Å². The van der Waals surface area contributed by atoms with Gasteiger partial charge in [0.25, 0.3) is 0 Å². The highest BCUT2D eigenvalue weighted by Crippen LogP contribution is 2.28. The SMILES string of the molecule is O=C(Sc1ccc(F)cc1F)c1cnc(Cl)c(Cl)c1. The first-order valence-electron chi connectivity index (χ1n) is 4.95. The van der Waals surface area contributed by atoms with Crippen LogP contribution in [0.15, 0.2) is 35.4 Å². The molecule has 0 aliphatic carbocycles. The van der Waals surface area contributed by atoms with Crippen LogP contribution in [0.2, 0.25) is 10.2 Å². The molecule has 0 aliphatic rings. The molecule has 7 heteroatoms. The molecule has 0 bridgehead atoms. The van der Waals surface area contributed by atoms with Gasteiger partial charge in [-0.1, -0.05) is 23.2 Å². The Morgan fingerprint density at radius 1 is 1.21 bits per heavy atom. The number of hydrogen-bond donors (Lipinski definition) is 0. The van der Waals surface area contributed by atoms with Crippen LogP contribution in [0.3, 0.4) is 0 Å². The lowest BCUT2D eigenvalue weighted by molar-refractivity contribution is 0.108. The fourth-order valence-corrected chi connectivity index (χ4v) is 2.24. The van der Waals surface area contributed by atoms with Gasteiger partial charge >= 0.3 is 0 Å². The van der Waals surface area contributed by atoms with E-state index in [1.165, 1.54) is 18.3 Å². The van der Waals surface area contributed by atoms with Gasteiger partial charge in [-0.3, -0.25) is 4.79 Å². The largest absolute Gasteiger partial charge is 0.281 e. The number of halogens is 4. The minimum atomic E-state index is -0.800. The molecule has 0 amide bonds. The van der Waals surface area contributed by atoms with Crippen molar-refractivity contribution in [2.45, 2.75) is 4.90 Å². The normalized spacial score (nSPS) is 10.5. The molecule has 0 N–H and O–H groups in total. The number of carbonyl (C=O) groups is 1. The molecule has 19 heavy (non-hydrogen) atoms. The van der Waals surface area contributed by atoms with Gasteiger partial charge in [0.05, 0.1) is 9.92 Å². The Kier molecular flexibility index (Phi) is 4.39. The number of carbonyl (C=O) groups excluding carboxylic acids is 1. The number of thioether (sulfide) groups is 1. The molecule has 2 aromatic rings. The summed E-state index contributed by atoms with van der Waals surface area (Å²) in [5, 5.41) is -0.250. The Balaban J connectivity index is 2.23. The summed E-state index contributed by atoms with van der Waals surface area (Å²) >= 11 is 12.0. The summed E-state index contributed by atoms with van der Waals surface area (Å²) in [6.07, 6.45) is 1.24. The quantitative estimate of drug-likeness (QED) is 0.598. The fourth-order valence-electron chi connectivity index (χ4n) is 1.25. The first kappa shape index (κ1) is 14.2. The third-order valence-electron chi connectivity index (χ3n) is 2.13. The van der Waals surface area contributed by atoms with Crippen LogP contribution < -0.4 is 0 Å². The number of nitrogens with zero attached hydrogens (tertiary/aromatic N) is 1. The summed E-state index contributed by atoms with van der Waals surface area (Å²) in [6, 6.07) is 4.32. The molecule has 2 rings (SSSR count). The highest BCUT2D eigenvalue weighted by Gasteiger charge is 2.14. The van der Waals surface area contributed by atoms with Gasteiger partial charge in [-0.2, -0.15) is 0 Å². The van der Waals surface area contributed by atoms with E-state index in [9.17, 15) is 13.6 Å². The predicted molar refractivity (Wildman–Crippen MR) is 70.8 cm³/mol. The fraction of sp³-hybridized carbons (Fsp3) is 0. The zero-order valence-corrected chi connectivity index (χ0v) is 11.5. The molecule has 0 saturated heterocycles. The molecule has 1 aromatic carbocycles. The van der Waals surface area contributed by atoms with Gasteiger partial charge in [0, 0.05) is 17.8 Å². The first-order valence-corrected chi connectivity index (χ1v) is 6.53. The van der Waals surface area contributed by atoms with E-state index >= 15 is 0 Å². The molecule has 0 aliphatic heterocycles. The Labute approximate surface area is 121 Å². The van der Waals surface area contributed by atoms with Gasteiger partial charge in [-0.05, 0) is 30.0 Å². The second-order valence-corrected chi connectivity index (χ2v) is 5.24. The van der Waals surface area contributed by atoms with E-state index in [4.69, 9.17) is 23.2 Å². The van der Waals surface area contributed by atoms with E-state index in [-0.39, 0.29) is 20.6 Å². The van der Waals surface area contributed by atoms with E-state index in [1.54, 1.807) is 0 Å². The van der Waals surface area contributed by atoms with Gasteiger partial charge < -0.3 is 0 Å². The molecule has 1 aromatic heterocycles. The molecule has 0 radical (unpaired) electrons. The van der Waals surface area contributed by atoms with Crippen molar-refractivity contribution in [2.75, 3.05) is 0 Å². The van der Waals surface area contributed by atoms with Crippen molar-refractivity contribution < 1.29 is 13.6 Å². The van der Waals surface area contributed by atoms with Crippen LogP contribution >= 0.6 is 35.0 Å². The van der Waals surface area contributed by atoms with Crippen LogP contribution in [0.5, 0.6) is 0 Å². The Bertz CT molecular complexity index is 652. The molecule has 0 saturated carbocycles. The highest BCUT2D eigenvalue weighted by molar-refractivity contribution is 8.14. The van der Waals surface area contributed by atoms with Crippen LogP contribution in [-0.2, 0) is 0 Å². The zero-order chi connectivity index (χ0) is 14.0. The summed E-state index contributed by atoms with van der Waals surface area (Å²) in [7, 11) is 0. The van der Waals surface area contributed by atoms with Gasteiger partial charge in [0.15, 0.2) is 0 Å². The number of benzene rings is 1. The topological polar surface area (TPSA) is 30.0 Å². The molecular formula is C12H5Cl2F2NOS. The number of aromatic nitrogens is 1. The first-order chi connectivity index (χ1) is 8.97. The Hall–Kier alpha value is -1.17.